The van der Waals surface area contributed by atoms with Crippen molar-refractivity contribution in [1.82, 2.24) is 14.5 Å². The van der Waals surface area contributed by atoms with Crippen LogP contribution < -0.4 is 10.6 Å². The van der Waals surface area contributed by atoms with Crippen molar-refractivity contribution in [3.8, 4) is 0 Å². The smallest absolute Gasteiger partial charge is 0.259 e. The van der Waals surface area contributed by atoms with Gasteiger partial charge in [0.2, 0.25) is 0 Å². The highest BCUT2D eigenvalue weighted by Crippen LogP contribution is 2.42. The molecule has 0 unspecified atom stereocenters. The maximum Gasteiger partial charge on any atom is 0.259 e. The zero-order chi connectivity index (χ0) is 23.2. The first-order valence-electron chi connectivity index (χ1n) is 12.7. The summed E-state index contributed by atoms with van der Waals surface area (Å²) in [6.07, 6.45) is 10.7. The standard InChI is InChI=1S/C25H39N5O2Si/c1-33(2,3)13-12-32-17-28-11-10-21-23-22(15-27-24(21)28)25(31)30(20-8-9-20)16-29(23)19-6-4-18(14-26)5-7-19/h10-11,15,18-20H,4-9,12-14,16-17,26H2,1-3H3. The summed E-state index contributed by atoms with van der Waals surface area (Å²) < 4.78 is 8.09. The number of carbonyl (C=O) groups is 1. The van der Waals surface area contributed by atoms with Crippen LogP contribution in [0.4, 0.5) is 5.69 Å². The summed E-state index contributed by atoms with van der Waals surface area (Å²) in [7, 11) is -1.11. The third-order valence-electron chi connectivity index (χ3n) is 7.65. The van der Waals surface area contributed by atoms with E-state index in [2.05, 4.69) is 46.3 Å². The van der Waals surface area contributed by atoms with Crippen LogP contribution in [-0.4, -0.2) is 60.3 Å². The number of nitrogens with two attached hydrogens (primary N) is 1. The number of carbonyl (C=O) groups excluding carboxylic acids is 1. The number of amides is 1. The first kappa shape index (κ1) is 22.9. The van der Waals surface area contributed by atoms with Crippen LogP contribution in [-0.2, 0) is 11.5 Å². The molecule has 2 aromatic heterocycles. The van der Waals surface area contributed by atoms with Crippen molar-refractivity contribution in [3.63, 3.8) is 0 Å². The Kier molecular flexibility index (Phi) is 6.26. The topological polar surface area (TPSA) is 76.6 Å². The normalized spacial score (nSPS) is 23.9. The molecule has 7 nitrogen and oxygen atoms in total. The summed E-state index contributed by atoms with van der Waals surface area (Å²) in [5, 5.41) is 1.08. The van der Waals surface area contributed by atoms with E-state index in [1.165, 1.54) is 12.8 Å². The fourth-order valence-corrected chi connectivity index (χ4v) is 6.10. The highest BCUT2D eigenvalue weighted by atomic mass is 28.3. The number of aromatic nitrogens is 2. The number of pyridine rings is 1. The molecule has 0 aromatic carbocycles. The van der Waals surface area contributed by atoms with Gasteiger partial charge in [0.1, 0.15) is 12.4 Å². The SMILES string of the molecule is C[Si](C)(C)CCOCn1ccc2c3c(cnc21)C(=O)N(C1CC1)CN3C1CCC(CN)CC1. The Balaban J connectivity index is 1.44. The molecule has 2 saturated carbocycles. The lowest BCUT2D eigenvalue weighted by Gasteiger charge is -2.45. The van der Waals surface area contributed by atoms with E-state index >= 15 is 0 Å². The molecule has 0 saturated heterocycles. The minimum absolute atomic E-state index is 0.146. The highest BCUT2D eigenvalue weighted by molar-refractivity contribution is 6.76. The molecule has 180 valence electrons. The van der Waals surface area contributed by atoms with Crippen molar-refractivity contribution >= 4 is 30.7 Å². The largest absolute Gasteiger partial charge is 0.361 e. The Hall–Kier alpha value is -1.90. The van der Waals surface area contributed by atoms with Gasteiger partial charge in [-0.1, -0.05) is 19.6 Å². The molecule has 5 rings (SSSR count). The number of fused-ring (bicyclic) bond motifs is 3. The summed E-state index contributed by atoms with van der Waals surface area (Å²) in [5.41, 5.74) is 8.71. The van der Waals surface area contributed by atoms with Crippen molar-refractivity contribution in [1.29, 1.82) is 0 Å². The van der Waals surface area contributed by atoms with Gasteiger partial charge in [0.15, 0.2) is 0 Å². The molecular formula is C25H39N5O2Si. The minimum atomic E-state index is -1.11. The van der Waals surface area contributed by atoms with Gasteiger partial charge in [-0.05, 0) is 63.1 Å². The molecule has 1 amide bonds. The lowest BCUT2D eigenvalue weighted by molar-refractivity contribution is 0.0718. The van der Waals surface area contributed by atoms with E-state index in [4.69, 9.17) is 15.5 Å². The lowest BCUT2D eigenvalue weighted by atomic mass is 9.85. The highest BCUT2D eigenvalue weighted by Gasteiger charge is 2.42. The molecule has 2 aliphatic carbocycles. The summed E-state index contributed by atoms with van der Waals surface area (Å²) >= 11 is 0. The first-order valence-corrected chi connectivity index (χ1v) is 16.4. The summed E-state index contributed by atoms with van der Waals surface area (Å²) in [5.74, 6) is 0.784. The Morgan fingerprint density at radius 2 is 1.79 bits per heavy atom. The van der Waals surface area contributed by atoms with E-state index in [0.717, 1.165) is 67.2 Å². The second-order valence-electron chi connectivity index (χ2n) is 11.4. The van der Waals surface area contributed by atoms with E-state index in [9.17, 15) is 4.79 Å². The number of ether oxygens (including phenoxy) is 1. The van der Waals surface area contributed by atoms with Crippen molar-refractivity contribution in [3.05, 3.63) is 24.0 Å². The Labute approximate surface area is 198 Å². The van der Waals surface area contributed by atoms with Crippen molar-refractivity contribution in [2.75, 3.05) is 24.7 Å². The summed E-state index contributed by atoms with van der Waals surface area (Å²) in [6, 6.07) is 4.12. The zero-order valence-corrected chi connectivity index (χ0v) is 21.4. The van der Waals surface area contributed by atoms with Crippen LogP contribution in [0.5, 0.6) is 0 Å². The lowest BCUT2D eigenvalue weighted by Crippen LogP contribution is -2.52. The Bertz CT molecular complexity index is 1000. The third kappa shape index (κ3) is 4.70. The predicted octanol–water partition coefficient (Wildman–Crippen LogP) is 4.25. The maximum atomic E-state index is 13.4. The molecule has 0 radical (unpaired) electrons. The second kappa shape index (κ2) is 9.04. The predicted molar refractivity (Wildman–Crippen MR) is 135 cm³/mol. The van der Waals surface area contributed by atoms with E-state index in [-0.39, 0.29) is 5.91 Å². The van der Waals surface area contributed by atoms with Crippen LogP contribution in [0.3, 0.4) is 0 Å². The van der Waals surface area contributed by atoms with Gasteiger partial charge >= 0.3 is 0 Å². The van der Waals surface area contributed by atoms with Gasteiger partial charge in [-0.25, -0.2) is 4.98 Å². The quantitative estimate of drug-likeness (QED) is 0.462. The van der Waals surface area contributed by atoms with Crippen LogP contribution >= 0.6 is 0 Å². The Morgan fingerprint density at radius 3 is 2.45 bits per heavy atom. The van der Waals surface area contributed by atoms with E-state index in [0.29, 0.717) is 31.4 Å². The second-order valence-corrected chi connectivity index (χ2v) is 17.0. The van der Waals surface area contributed by atoms with Gasteiger partial charge in [-0.15, -0.1) is 0 Å². The fourth-order valence-electron chi connectivity index (χ4n) is 5.35. The molecule has 0 atom stereocenters. The van der Waals surface area contributed by atoms with E-state index < -0.39 is 8.07 Å². The number of nitrogens with zero attached hydrogens (tertiary/aromatic N) is 4. The van der Waals surface area contributed by atoms with E-state index in [1.807, 2.05) is 6.20 Å². The Morgan fingerprint density at radius 1 is 1.09 bits per heavy atom. The number of hydrogen-bond donors (Lipinski definition) is 1. The average Bonchev–Trinajstić information content (AvgIpc) is 3.56. The van der Waals surface area contributed by atoms with E-state index in [1.54, 1.807) is 0 Å². The molecule has 0 bridgehead atoms. The molecule has 2 N–H and O–H groups in total. The molecule has 33 heavy (non-hydrogen) atoms. The fraction of sp³-hybridized carbons (Fsp3) is 0.680. The molecule has 3 aliphatic rings. The van der Waals surface area contributed by atoms with Gasteiger partial charge in [0.25, 0.3) is 5.91 Å². The van der Waals surface area contributed by atoms with Crippen LogP contribution in [0.1, 0.15) is 48.9 Å². The third-order valence-corrected chi connectivity index (χ3v) is 9.35. The summed E-state index contributed by atoms with van der Waals surface area (Å²) in [6.45, 7) is 9.87. The minimum Gasteiger partial charge on any atom is -0.361 e. The van der Waals surface area contributed by atoms with Gasteiger partial charge in [0, 0.05) is 44.5 Å². The van der Waals surface area contributed by atoms with Crippen LogP contribution in [0.2, 0.25) is 25.7 Å². The number of rotatable bonds is 8. The number of anilines is 1. The van der Waals surface area contributed by atoms with Gasteiger partial charge in [0.05, 0.1) is 17.9 Å². The number of hydrogen-bond acceptors (Lipinski definition) is 5. The first-order chi connectivity index (χ1) is 15.9. The van der Waals surface area contributed by atoms with Crippen LogP contribution in [0.15, 0.2) is 18.5 Å². The maximum absolute atomic E-state index is 13.4. The van der Waals surface area contributed by atoms with Crippen molar-refractivity contribution in [2.45, 2.75) is 83.0 Å². The molecule has 1 aliphatic heterocycles. The van der Waals surface area contributed by atoms with Gasteiger partial charge in [-0.3, -0.25) is 4.79 Å². The average molecular weight is 470 g/mol. The molecule has 8 heteroatoms. The van der Waals surface area contributed by atoms with Crippen molar-refractivity contribution < 1.29 is 9.53 Å². The monoisotopic (exact) mass is 469 g/mol. The van der Waals surface area contributed by atoms with Crippen LogP contribution in [0.25, 0.3) is 11.0 Å². The van der Waals surface area contributed by atoms with Gasteiger partial charge in [-0.2, -0.15) is 0 Å². The molecule has 2 aromatic rings. The van der Waals surface area contributed by atoms with Crippen LogP contribution in [0, 0.1) is 5.92 Å². The summed E-state index contributed by atoms with van der Waals surface area (Å²) in [4.78, 5) is 22.7. The molecule has 0 spiro atoms. The molecule has 3 heterocycles. The van der Waals surface area contributed by atoms with Crippen molar-refractivity contribution in [2.24, 2.45) is 11.7 Å². The molecule has 2 fully saturated rings. The zero-order valence-electron chi connectivity index (χ0n) is 20.4. The molecular weight excluding hydrogens is 430 g/mol. The van der Waals surface area contributed by atoms with Gasteiger partial charge < -0.3 is 24.8 Å².